The Labute approximate surface area is 151 Å². The molecule has 0 aliphatic carbocycles. The van der Waals surface area contributed by atoms with Crippen LogP contribution in [0.2, 0.25) is 10.0 Å². The molecule has 132 valence electrons. The first kappa shape index (κ1) is 20.8. The third-order valence-corrected chi connectivity index (χ3v) is 3.84. The van der Waals surface area contributed by atoms with Crippen LogP contribution in [0.1, 0.15) is 25.8 Å². The summed E-state index contributed by atoms with van der Waals surface area (Å²) in [5.74, 6) is -1.49. The molecule has 1 rings (SSSR count). The first-order valence-electron chi connectivity index (χ1n) is 7.55. The van der Waals surface area contributed by atoms with Crippen LogP contribution in [0.25, 0.3) is 0 Å². The van der Waals surface area contributed by atoms with Crippen LogP contribution < -0.4 is 10.6 Å². The van der Waals surface area contributed by atoms with Crippen LogP contribution in [0.5, 0.6) is 0 Å². The number of nitrogens with one attached hydrogen (secondary N) is 2. The number of hydrogen-bond donors (Lipinski definition) is 4. The first-order chi connectivity index (χ1) is 11.2. The molecule has 9 heteroatoms. The highest BCUT2D eigenvalue weighted by atomic mass is 35.5. The van der Waals surface area contributed by atoms with E-state index in [-0.39, 0.29) is 24.8 Å². The fourth-order valence-corrected chi connectivity index (χ4v) is 2.49. The first-order valence-corrected chi connectivity index (χ1v) is 8.30. The predicted octanol–water partition coefficient (Wildman–Crippen LogP) is 1.19. The number of hydrogen-bond acceptors (Lipinski definition) is 4. The highest BCUT2D eigenvalue weighted by molar-refractivity contribution is 6.43. The maximum absolute atomic E-state index is 11.9. The quantitative estimate of drug-likeness (QED) is 0.513. The minimum atomic E-state index is -1.66. The molecule has 24 heavy (non-hydrogen) atoms. The molecule has 2 amide bonds. The Morgan fingerprint density at radius 2 is 1.88 bits per heavy atom. The fourth-order valence-electron chi connectivity index (χ4n) is 2.11. The summed E-state index contributed by atoms with van der Waals surface area (Å²) in [4.78, 5) is 23.7. The summed E-state index contributed by atoms with van der Waals surface area (Å²) in [6.45, 7) is 3.54. The van der Waals surface area contributed by atoms with E-state index in [4.69, 9.17) is 23.2 Å². The molecule has 0 aliphatic heterocycles. The van der Waals surface area contributed by atoms with Gasteiger partial charge in [-0.2, -0.15) is 0 Å². The Hall–Kier alpha value is -1.28. The van der Waals surface area contributed by atoms with E-state index in [1.54, 1.807) is 18.2 Å². The van der Waals surface area contributed by atoms with E-state index in [0.29, 0.717) is 22.0 Å². The minimum absolute atomic E-state index is 0.00921. The zero-order valence-electron chi connectivity index (χ0n) is 13.6. The molecule has 0 heterocycles. The summed E-state index contributed by atoms with van der Waals surface area (Å²) in [5.41, 5.74) is 0.561. The molecule has 0 bridgehead atoms. The summed E-state index contributed by atoms with van der Waals surface area (Å²) in [5, 5.41) is 24.4. The maximum Gasteiger partial charge on any atom is 0.475 e. The van der Waals surface area contributed by atoms with Gasteiger partial charge in [0, 0.05) is 10.0 Å². The van der Waals surface area contributed by atoms with Crippen molar-refractivity contribution in [1.82, 2.24) is 10.6 Å². The maximum atomic E-state index is 11.9. The SMILES string of the molecule is CC(C)C[C@H](NC(=O)CNC(=O)Cc1cc(Cl)ccc1Cl)B(O)O. The van der Waals surface area contributed by atoms with Gasteiger partial charge < -0.3 is 20.7 Å². The average molecular weight is 375 g/mol. The zero-order valence-corrected chi connectivity index (χ0v) is 15.1. The summed E-state index contributed by atoms with van der Waals surface area (Å²) in [6, 6.07) is 4.80. The largest absolute Gasteiger partial charge is 0.475 e. The molecule has 0 radical (unpaired) electrons. The highest BCUT2D eigenvalue weighted by Gasteiger charge is 2.26. The molecule has 0 aliphatic rings. The van der Waals surface area contributed by atoms with E-state index >= 15 is 0 Å². The van der Waals surface area contributed by atoms with E-state index in [9.17, 15) is 19.6 Å². The van der Waals surface area contributed by atoms with Gasteiger partial charge in [0.25, 0.3) is 0 Å². The van der Waals surface area contributed by atoms with E-state index in [1.807, 2.05) is 13.8 Å². The van der Waals surface area contributed by atoms with Gasteiger partial charge in [0.15, 0.2) is 0 Å². The molecule has 1 atom stereocenters. The van der Waals surface area contributed by atoms with Crippen molar-refractivity contribution < 1.29 is 19.6 Å². The van der Waals surface area contributed by atoms with Crippen LogP contribution >= 0.6 is 23.2 Å². The van der Waals surface area contributed by atoms with Gasteiger partial charge in [-0.05, 0) is 36.1 Å². The van der Waals surface area contributed by atoms with Gasteiger partial charge in [-0.3, -0.25) is 9.59 Å². The number of rotatable bonds is 8. The molecule has 6 nitrogen and oxygen atoms in total. The van der Waals surface area contributed by atoms with Crippen molar-refractivity contribution in [1.29, 1.82) is 0 Å². The summed E-state index contributed by atoms with van der Waals surface area (Å²) in [7, 11) is -1.66. The molecule has 0 unspecified atom stereocenters. The Morgan fingerprint density at radius 3 is 2.46 bits per heavy atom. The molecular formula is C15H21BCl2N2O4. The Bertz CT molecular complexity index is 585. The Morgan fingerprint density at radius 1 is 1.21 bits per heavy atom. The normalized spacial score (nSPS) is 12.0. The van der Waals surface area contributed by atoms with Crippen LogP contribution in [0, 0.1) is 5.92 Å². The van der Waals surface area contributed by atoms with E-state index < -0.39 is 19.0 Å². The predicted molar refractivity (Wildman–Crippen MR) is 94.8 cm³/mol. The van der Waals surface area contributed by atoms with Gasteiger partial charge in [0.2, 0.25) is 11.8 Å². The van der Waals surface area contributed by atoms with Crippen LogP contribution in [0.3, 0.4) is 0 Å². The van der Waals surface area contributed by atoms with Crippen LogP contribution in [0.4, 0.5) is 0 Å². The second kappa shape index (κ2) is 9.88. The summed E-state index contributed by atoms with van der Waals surface area (Å²) >= 11 is 11.8. The van der Waals surface area contributed by atoms with Crippen molar-refractivity contribution in [2.24, 2.45) is 5.92 Å². The molecule has 0 spiro atoms. The molecule has 0 aromatic heterocycles. The fraction of sp³-hybridized carbons (Fsp3) is 0.467. The standard InChI is InChI=1S/C15H21BCl2N2O4/c1-9(2)5-13(16(23)24)20-15(22)8-19-14(21)7-10-6-11(17)3-4-12(10)18/h3-4,6,9,13,23-24H,5,7-8H2,1-2H3,(H,19,21)(H,20,22)/t13-/m0/s1. The zero-order chi connectivity index (χ0) is 18.3. The number of halogens is 2. The van der Waals surface area contributed by atoms with E-state index in [1.165, 1.54) is 0 Å². The lowest BCUT2D eigenvalue weighted by Gasteiger charge is -2.19. The van der Waals surface area contributed by atoms with Gasteiger partial charge in [-0.25, -0.2) is 0 Å². The number of amides is 2. The molecule has 4 N–H and O–H groups in total. The van der Waals surface area contributed by atoms with E-state index in [0.717, 1.165) is 0 Å². The van der Waals surface area contributed by atoms with Crippen molar-refractivity contribution >= 4 is 42.1 Å². The monoisotopic (exact) mass is 374 g/mol. The number of carbonyl (C=O) groups excluding carboxylic acids is 2. The third-order valence-electron chi connectivity index (χ3n) is 3.24. The van der Waals surface area contributed by atoms with Crippen molar-refractivity contribution in [3.8, 4) is 0 Å². The second-order valence-electron chi connectivity index (χ2n) is 5.91. The van der Waals surface area contributed by atoms with Crippen LogP contribution in [-0.4, -0.2) is 41.5 Å². The number of carbonyl (C=O) groups is 2. The van der Waals surface area contributed by atoms with Crippen molar-refractivity contribution in [2.75, 3.05) is 6.54 Å². The molecule has 1 aromatic carbocycles. The Balaban J connectivity index is 2.48. The highest BCUT2D eigenvalue weighted by Crippen LogP contribution is 2.20. The Kier molecular flexibility index (Phi) is 8.55. The molecular weight excluding hydrogens is 354 g/mol. The molecule has 0 fully saturated rings. The third kappa shape index (κ3) is 7.53. The van der Waals surface area contributed by atoms with Crippen molar-refractivity contribution in [2.45, 2.75) is 32.6 Å². The smallest absolute Gasteiger partial charge is 0.426 e. The molecule has 1 aromatic rings. The lowest BCUT2D eigenvalue weighted by molar-refractivity contribution is -0.126. The van der Waals surface area contributed by atoms with Gasteiger partial charge >= 0.3 is 7.12 Å². The number of benzene rings is 1. The van der Waals surface area contributed by atoms with Crippen molar-refractivity contribution in [3.63, 3.8) is 0 Å². The topological polar surface area (TPSA) is 98.7 Å². The summed E-state index contributed by atoms with van der Waals surface area (Å²) in [6.07, 6.45) is 0.403. The molecule has 0 saturated heterocycles. The van der Waals surface area contributed by atoms with Gasteiger partial charge in [-0.15, -0.1) is 0 Å². The lowest BCUT2D eigenvalue weighted by Crippen LogP contribution is -2.50. The van der Waals surface area contributed by atoms with Gasteiger partial charge in [0.05, 0.1) is 18.9 Å². The molecule has 0 saturated carbocycles. The van der Waals surface area contributed by atoms with Crippen molar-refractivity contribution in [3.05, 3.63) is 33.8 Å². The lowest BCUT2D eigenvalue weighted by atomic mass is 9.75. The van der Waals surface area contributed by atoms with Gasteiger partial charge in [0.1, 0.15) is 0 Å². The second-order valence-corrected chi connectivity index (χ2v) is 6.75. The van der Waals surface area contributed by atoms with E-state index in [2.05, 4.69) is 10.6 Å². The minimum Gasteiger partial charge on any atom is -0.426 e. The average Bonchev–Trinajstić information content (AvgIpc) is 2.47. The summed E-state index contributed by atoms with van der Waals surface area (Å²) < 4.78 is 0. The van der Waals surface area contributed by atoms with Crippen LogP contribution in [0.15, 0.2) is 18.2 Å². The van der Waals surface area contributed by atoms with Crippen LogP contribution in [-0.2, 0) is 16.0 Å². The van der Waals surface area contributed by atoms with Gasteiger partial charge in [-0.1, -0.05) is 37.0 Å².